The summed E-state index contributed by atoms with van der Waals surface area (Å²) in [4.78, 5) is 0. The van der Waals surface area contributed by atoms with Gasteiger partial charge in [-0.1, -0.05) is 19.9 Å². The zero-order valence-electron chi connectivity index (χ0n) is 9.38. The summed E-state index contributed by atoms with van der Waals surface area (Å²) >= 11 is 1.16. The van der Waals surface area contributed by atoms with Gasteiger partial charge in [-0.25, -0.2) is 13.1 Å². The maximum Gasteiger partial charge on any atom is 0.250 e. The van der Waals surface area contributed by atoms with E-state index < -0.39 is 16.1 Å². The number of aliphatic hydroxyl groups is 1. The summed E-state index contributed by atoms with van der Waals surface area (Å²) in [7, 11) is -3.44. The molecule has 0 aromatic carbocycles. The molecule has 1 rings (SSSR count). The van der Waals surface area contributed by atoms with Crippen LogP contribution in [0.1, 0.15) is 20.3 Å². The number of aliphatic hydroxyl groups excluding tert-OH is 1. The predicted octanol–water partition coefficient (Wildman–Crippen LogP) is 1.43. The second-order valence-electron chi connectivity index (χ2n) is 4.07. The standard InChI is InChI=1S/C10H17NO3S2/c1-8(2)6-9(12)7-11-16(13,14)10-4-3-5-15-10/h3-5,8-9,11-12H,6-7H2,1-2H3. The molecule has 0 aliphatic heterocycles. The SMILES string of the molecule is CC(C)CC(O)CNS(=O)(=O)c1cccs1. The maximum absolute atomic E-state index is 11.7. The van der Waals surface area contributed by atoms with Gasteiger partial charge in [0, 0.05) is 6.54 Å². The minimum absolute atomic E-state index is 0.0679. The first-order chi connectivity index (χ1) is 7.42. The lowest BCUT2D eigenvalue weighted by molar-refractivity contribution is 0.152. The van der Waals surface area contributed by atoms with Crippen LogP contribution in [0.5, 0.6) is 0 Å². The Morgan fingerprint density at radius 1 is 1.50 bits per heavy atom. The maximum atomic E-state index is 11.7. The van der Waals surface area contributed by atoms with Gasteiger partial charge in [-0.2, -0.15) is 0 Å². The molecule has 0 saturated heterocycles. The van der Waals surface area contributed by atoms with Crippen LogP contribution in [0, 0.1) is 5.92 Å². The second kappa shape index (κ2) is 5.77. The molecule has 1 aromatic rings. The number of nitrogens with one attached hydrogen (secondary N) is 1. The third-order valence-corrected chi connectivity index (χ3v) is 4.83. The molecule has 0 aliphatic rings. The van der Waals surface area contributed by atoms with Gasteiger partial charge in [0.05, 0.1) is 6.10 Å². The molecular formula is C10H17NO3S2. The van der Waals surface area contributed by atoms with E-state index in [1.54, 1.807) is 17.5 Å². The molecule has 16 heavy (non-hydrogen) atoms. The highest BCUT2D eigenvalue weighted by molar-refractivity contribution is 7.91. The summed E-state index contributed by atoms with van der Waals surface area (Å²) in [6.45, 7) is 4.03. The van der Waals surface area contributed by atoms with Gasteiger partial charge in [0.15, 0.2) is 0 Å². The Kier molecular flexibility index (Phi) is 4.91. The largest absolute Gasteiger partial charge is 0.392 e. The van der Waals surface area contributed by atoms with Gasteiger partial charge >= 0.3 is 0 Å². The number of rotatable bonds is 6. The van der Waals surface area contributed by atoms with Crippen LogP contribution in [0.2, 0.25) is 0 Å². The third-order valence-electron chi connectivity index (χ3n) is 2.01. The Bertz CT molecular complexity index is 398. The van der Waals surface area contributed by atoms with Gasteiger partial charge in [0.1, 0.15) is 4.21 Å². The lowest BCUT2D eigenvalue weighted by Crippen LogP contribution is -2.32. The summed E-state index contributed by atoms with van der Waals surface area (Å²) in [5.74, 6) is 0.348. The van der Waals surface area contributed by atoms with Crippen molar-refractivity contribution in [1.29, 1.82) is 0 Å². The first kappa shape index (κ1) is 13.6. The molecule has 0 aliphatic carbocycles. The van der Waals surface area contributed by atoms with Crippen molar-refractivity contribution in [2.75, 3.05) is 6.54 Å². The third kappa shape index (κ3) is 4.21. The Balaban J connectivity index is 2.49. The molecule has 0 radical (unpaired) electrons. The average molecular weight is 263 g/mol. The summed E-state index contributed by atoms with van der Waals surface area (Å²) in [6.07, 6.45) is -0.0396. The van der Waals surface area contributed by atoms with E-state index >= 15 is 0 Å². The molecular weight excluding hydrogens is 246 g/mol. The molecule has 6 heteroatoms. The Hall–Kier alpha value is -0.430. The van der Waals surface area contributed by atoms with Crippen LogP contribution in [0.25, 0.3) is 0 Å². The molecule has 0 fully saturated rings. The molecule has 0 saturated carbocycles. The highest BCUT2D eigenvalue weighted by Crippen LogP contribution is 2.15. The molecule has 1 unspecified atom stereocenters. The van der Waals surface area contributed by atoms with Crippen molar-refractivity contribution in [3.63, 3.8) is 0 Å². The van der Waals surface area contributed by atoms with E-state index in [1.165, 1.54) is 0 Å². The van der Waals surface area contributed by atoms with Gasteiger partial charge in [0.2, 0.25) is 10.0 Å². The van der Waals surface area contributed by atoms with E-state index in [0.717, 1.165) is 11.3 Å². The Morgan fingerprint density at radius 3 is 2.69 bits per heavy atom. The molecule has 0 bridgehead atoms. The molecule has 1 heterocycles. The average Bonchev–Trinajstić information content (AvgIpc) is 2.67. The minimum atomic E-state index is -3.44. The van der Waals surface area contributed by atoms with Crippen LogP contribution in [-0.2, 0) is 10.0 Å². The van der Waals surface area contributed by atoms with Crippen molar-refractivity contribution in [1.82, 2.24) is 4.72 Å². The number of hydrogen-bond donors (Lipinski definition) is 2. The lowest BCUT2D eigenvalue weighted by Gasteiger charge is -2.13. The fourth-order valence-electron chi connectivity index (χ4n) is 1.32. The van der Waals surface area contributed by atoms with E-state index in [-0.39, 0.29) is 10.8 Å². The van der Waals surface area contributed by atoms with E-state index in [0.29, 0.717) is 12.3 Å². The Morgan fingerprint density at radius 2 is 2.19 bits per heavy atom. The number of hydrogen-bond acceptors (Lipinski definition) is 4. The predicted molar refractivity (Wildman–Crippen MR) is 65.0 cm³/mol. The van der Waals surface area contributed by atoms with Gasteiger partial charge < -0.3 is 5.11 Å². The molecule has 2 N–H and O–H groups in total. The molecule has 92 valence electrons. The van der Waals surface area contributed by atoms with Gasteiger partial charge in [-0.05, 0) is 23.8 Å². The molecule has 4 nitrogen and oxygen atoms in total. The van der Waals surface area contributed by atoms with E-state index in [4.69, 9.17) is 0 Å². The smallest absolute Gasteiger partial charge is 0.250 e. The molecule has 1 atom stereocenters. The fraction of sp³-hybridized carbons (Fsp3) is 0.600. The summed E-state index contributed by atoms with van der Waals surface area (Å²) in [5.41, 5.74) is 0. The van der Waals surface area contributed by atoms with Crippen LogP contribution in [0.15, 0.2) is 21.7 Å². The van der Waals surface area contributed by atoms with Crippen LogP contribution in [-0.4, -0.2) is 26.2 Å². The van der Waals surface area contributed by atoms with Crippen LogP contribution in [0.3, 0.4) is 0 Å². The first-order valence-electron chi connectivity index (χ1n) is 5.13. The van der Waals surface area contributed by atoms with Crippen molar-refractivity contribution in [2.24, 2.45) is 5.92 Å². The lowest BCUT2D eigenvalue weighted by atomic mass is 10.1. The zero-order valence-corrected chi connectivity index (χ0v) is 11.0. The monoisotopic (exact) mass is 263 g/mol. The molecule has 0 amide bonds. The van der Waals surface area contributed by atoms with Crippen molar-refractivity contribution in [3.8, 4) is 0 Å². The summed E-state index contributed by atoms with van der Waals surface area (Å²) in [5, 5.41) is 11.3. The van der Waals surface area contributed by atoms with Gasteiger partial charge in [-0.15, -0.1) is 11.3 Å². The van der Waals surface area contributed by atoms with E-state index in [9.17, 15) is 13.5 Å². The second-order valence-corrected chi connectivity index (χ2v) is 7.01. The molecule has 0 spiro atoms. The zero-order chi connectivity index (χ0) is 12.2. The van der Waals surface area contributed by atoms with Gasteiger partial charge in [0.25, 0.3) is 0 Å². The highest BCUT2D eigenvalue weighted by Gasteiger charge is 2.16. The summed E-state index contributed by atoms with van der Waals surface area (Å²) in [6, 6.07) is 3.23. The fourth-order valence-corrected chi connectivity index (χ4v) is 3.43. The van der Waals surface area contributed by atoms with E-state index in [2.05, 4.69) is 4.72 Å². The van der Waals surface area contributed by atoms with Crippen LogP contribution in [0.4, 0.5) is 0 Å². The number of sulfonamides is 1. The van der Waals surface area contributed by atoms with Crippen LogP contribution >= 0.6 is 11.3 Å². The quantitative estimate of drug-likeness (QED) is 0.816. The summed E-state index contributed by atoms with van der Waals surface area (Å²) < 4.78 is 26.0. The van der Waals surface area contributed by atoms with Crippen molar-refractivity contribution >= 4 is 21.4 Å². The number of thiophene rings is 1. The Labute approximate surface area is 100 Å². The van der Waals surface area contributed by atoms with Crippen molar-refractivity contribution < 1.29 is 13.5 Å². The normalized spacial score (nSPS) is 14.2. The van der Waals surface area contributed by atoms with E-state index in [1.807, 2.05) is 13.8 Å². The van der Waals surface area contributed by atoms with Crippen LogP contribution < -0.4 is 4.72 Å². The molecule has 1 aromatic heterocycles. The highest BCUT2D eigenvalue weighted by atomic mass is 32.2. The first-order valence-corrected chi connectivity index (χ1v) is 7.49. The minimum Gasteiger partial charge on any atom is -0.392 e. The van der Waals surface area contributed by atoms with Crippen molar-refractivity contribution in [3.05, 3.63) is 17.5 Å². The van der Waals surface area contributed by atoms with Crippen molar-refractivity contribution in [2.45, 2.75) is 30.6 Å². The van der Waals surface area contributed by atoms with Gasteiger partial charge in [-0.3, -0.25) is 0 Å². The topological polar surface area (TPSA) is 66.4 Å².